The van der Waals surface area contributed by atoms with Crippen molar-refractivity contribution in [1.82, 2.24) is 0 Å². The fourth-order valence-electron chi connectivity index (χ4n) is 1.67. The smallest absolute Gasteiger partial charge is 0.281 e. The molecule has 0 unspecified atom stereocenters. The fraction of sp³-hybridized carbons (Fsp3) is 0.0909. The Morgan fingerprint density at radius 2 is 1.94 bits per heavy atom. The number of nitrogen functional groups attached to an aromatic ring is 1. The molecule has 0 amide bonds. The molecule has 2 rings (SSSR count). The van der Waals surface area contributed by atoms with Crippen molar-refractivity contribution in [1.29, 1.82) is 0 Å². The van der Waals surface area contributed by atoms with Crippen molar-refractivity contribution in [3.8, 4) is 5.75 Å². The summed E-state index contributed by atoms with van der Waals surface area (Å²) in [7, 11) is 1.43. The normalized spacial score (nSPS) is 10.3. The van der Waals surface area contributed by atoms with Crippen molar-refractivity contribution in [3.63, 3.8) is 0 Å². The fourth-order valence-corrected chi connectivity index (χ4v) is 1.67. The highest BCUT2D eigenvalue weighted by Gasteiger charge is 2.17. The van der Waals surface area contributed by atoms with E-state index in [9.17, 15) is 10.1 Å². The van der Waals surface area contributed by atoms with Gasteiger partial charge in [0.05, 0.1) is 29.2 Å². The Morgan fingerprint density at radius 1 is 1.31 bits per heavy atom. The van der Waals surface area contributed by atoms with E-state index in [1.165, 1.54) is 13.2 Å². The lowest BCUT2D eigenvalue weighted by atomic mass is 10.1. The number of nitrogens with zero attached hydrogens (tertiary/aromatic N) is 1. The maximum Gasteiger partial charge on any atom is 0.281 e. The number of hydrogen-bond acceptors (Lipinski definition) is 4. The molecule has 0 aliphatic rings. The molecule has 0 aliphatic carbocycles. The molecule has 2 aromatic carbocycles. The predicted molar refractivity (Wildman–Crippen MR) is 61.6 cm³/mol. The summed E-state index contributed by atoms with van der Waals surface area (Å²) in [5.74, 6) is 0.324. The molecule has 82 valence electrons. The van der Waals surface area contributed by atoms with Crippen molar-refractivity contribution >= 4 is 22.1 Å². The molecule has 5 nitrogen and oxygen atoms in total. The summed E-state index contributed by atoms with van der Waals surface area (Å²) in [6.45, 7) is 0. The van der Waals surface area contributed by atoms with E-state index in [-0.39, 0.29) is 5.69 Å². The number of ether oxygens (including phenoxy) is 1. The summed E-state index contributed by atoms with van der Waals surface area (Å²) in [6.07, 6.45) is 0. The number of rotatable bonds is 2. The first kappa shape index (κ1) is 10.2. The van der Waals surface area contributed by atoms with Crippen LogP contribution in [0.4, 0.5) is 11.4 Å². The molecule has 0 fully saturated rings. The van der Waals surface area contributed by atoms with Crippen molar-refractivity contribution in [2.24, 2.45) is 0 Å². The minimum Gasteiger partial charge on any atom is -0.494 e. The monoisotopic (exact) mass is 218 g/mol. The predicted octanol–water partition coefficient (Wildman–Crippen LogP) is 2.34. The van der Waals surface area contributed by atoms with Crippen molar-refractivity contribution in [2.75, 3.05) is 12.8 Å². The molecule has 2 N–H and O–H groups in total. The van der Waals surface area contributed by atoms with Crippen LogP contribution in [0.5, 0.6) is 5.75 Å². The average molecular weight is 218 g/mol. The highest BCUT2D eigenvalue weighted by atomic mass is 16.6. The van der Waals surface area contributed by atoms with Crippen LogP contribution in [-0.2, 0) is 0 Å². The largest absolute Gasteiger partial charge is 0.494 e. The number of non-ortho nitro benzene ring substituents is 1. The molecular weight excluding hydrogens is 208 g/mol. The minimum atomic E-state index is -0.440. The third kappa shape index (κ3) is 1.42. The van der Waals surface area contributed by atoms with Crippen LogP contribution in [0.15, 0.2) is 30.3 Å². The summed E-state index contributed by atoms with van der Waals surface area (Å²) in [5, 5.41) is 12.1. The van der Waals surface area contributed by atoms with E-state index in [2.05, 4.69) is 0 Å². The quantitative estimate of drug-likeness (QED) is 0.476. The molecule has 5 heteroatoms. The first-order valence-corrected chi connectivity index (χ1v) is 4.64. The van der Waals surface area contributed by atoms with Crippen LogP contribution >= 0.6 is 0 Å². The van der Waals surface area contributed by atoms with Crippen LogP contribution in [0, 0.1) is 10.1 Å². The molecule has 16 heavy (non-hydrogen) atoms. The molecule has 0 aliphatic heterocycles. The van der Waals surface area contributed by atoms with Gasteiger partial charge in [-0.1, -0.05) is 18.2 Å². The van der Waals surface area contributed by atoms with Gasteiger partial charge in [-0.15, -0.1) is 0 Å². The Morgan fingerprint density at radius 3 is 2.50 bits per heavy atom. The number of hydrogen-bond donors (Lipinski definition) is 1. The summed E-state index contributed by atoms with van der Waals surface area (Å²) in [4.78, 5) is 10.5. The van der Waals surface area contributed by atoms with Crippen molar-refractivity contribution in [2.45, 2.75) is 0 Å². The first-order chi connectivity index (χ1) is 7.65. The van der Waals surface area contributed by atoms with Crippen molar-refractivity contribution < 1.29 is 9.66 Å². The molecule has 0 spiro atoms. The summed E-state index contributed by atoms with van der Waals surface area (Å²) in [6, 6.07) is 8.27. The highest BCUT2D eigenvalue weighted by Crippen LogP contribution is 2.37. The number of fused-ring (bicyclic) bond motifs is 1. The van der Waals surface area contributed by atoms with Crippen LogP contribution < -0.4 is 10.5 Å². The second kappa shape index (κ2) is 3.69. The molecule has 0 aromatic heterocycles. The van der Waals surface area contributed by atoms with Crippen LogP contribution in [0.3, 0.4) is 0 Å². The molecule has 0 saturated heterocycles. The number of methoxy groups -OCH3 is 1. The number of anilines is 1. The maximum absolute atomic E-state index is 10.9. The summed E-state index contributed by atoms with van der Waals surface area (Å²) in [5.41, 5.74) is 6.27. The summed E-state index contributed by atoms with van der Waals surface area (Å²) >= 11 is 0. The van der Waals surface area contributed by atoms with Crippen LogP contribution in [-0.4, -0.2) is 12.0 Å². The van der Waals surface area contributed by atoms with Gasteiger partial charge in [-0.3, -0.25) is 10.1 Å². The van der Waals surface area contributed by atoms with Gasteiger partial charge in [0.1, 0.15) is 5.75 Å². The number of nitro benzene ring substituents is 1. The molecule has 0 saturated carbocycles. The van der Waals surface area contributed by atoms with Gasteiger partial charge in [0.15, 0.2) is 0 Å². The zero-order valence-corrected chi connectivity index (χ0v) is 8.64. The third-order valence-electron chi connectivity index (χ3n) is 2.44. The van der Waals surface area contributed by atoms with Gasteiger partial charge in [-0.2, -0.15) is 0 Å². The van der Waals surface area contributed by atoms with Crippen LogP contribution in [0.2, 0.25) is 0 Å². The molecule has 0 radical (unpaired) electrons. The Balaban J connectivity index is 2.90. The van der Waals surface area contributed by atoms with E-state index in [1.54, 1.807) is 24.3 Å². The van der Waals surface area contributed by atoms with E-state index in [4.69, 9.17) is 10.5 Å². The van der Waals surface area contributed by atoms with Gasteiger partial charge in [0.25, 0.3) is 5.69 Å². The summed E-state index contributed by atoms with van der Waals surface area (Å²) < 4.78 is 5.01. The Kier molecular flexibility index (Phi) is 2.36. The van der Waals surface area contributed by atoms with Gasteiger partial charge in [-0.25, -0.2) is 0 Å². The maximum atomic E-state index is 10.9. The third-order valence-corrected chi connectivity index (χ3v) is 2.44. The minimum absolute atomic E-state index is 0.00153. The van der Waals surface area contributed by atoms with Gasteiger partial charge >= 0.3 is 0 Å². The molecule has 0 bridgehead atoms. The topological polar surface area (TPSA) is 78.4 Å². The van der Waals surface area contributed by atoms with E-state index in [0.717, 1.165) is 0 Å². The van der Waals surface area contributed by atoms with Gasteiger partial charge in [0, 0.05) is 5.39 Å². The number of nitro groups is 1. The van der Waals surface area contributed by atoms with E-state index in [0.29, 0.717) is 22.2 Å². The second-order valence-electron chi connectivity index (χ2n) is 3.31. The SMILES string of the molecule is COc1cc([N+](=O)[O-])c2ccccc2c1N. The van der Waals surface area contributed by atoms with Gasteiger partial charge < -0.3 is 10.5 Å². The zero-order chi connectivity index (χ0) is 11.7. The van der Waals surface area contributed by atoms with Crippen LogP contribution in [0.25, 0.3) is 10.8 Å². The second-order valence-corrected chi connectivity index (χ2v) is 3.31. The zero-order valence-electron chi connectivity index (χ0n) is 8.64. The first-order valence-electron chi connectivity index (χ1n) is 4.64. The number of benzene rings is 2. The lowest BCUT2D eigenvalue weighted by molar-refractivity contribution is -0.383. The van der Waals surface area contributed by atoms with E-state index < -0.39 is 4.92 Å². The van der Waals surface area contributed by atoms with E-state index in [1.807, 2.05) is 0 Å². The molecule has 0 atom stereocenters. The molecular formula is C11H10N2O3. The standard InChI is InChI=1S/C11H10N2O3/c1-16-10-6-9(13(14)15)7-4-2-3-5-8(7)11(10)12/h2-6H,12H2,1H3. The molecule has 2 aromatic rings. The Labute approximate surface area is 91.6 Å². The Hall–Kier alpha value is -2.30. The van der Waals surface area contributed by atoms with E-state index >= 15 is 0 Å². The van der Waals surface area contributed by atoms with Crippen molar-refractivity contribution in [3.05, 3.63) is 40.4 Å². The van der Waals surface area contributed by atoms with Gasteiger partial charge in [-0.05, 0) is 6.07 Å². The van der Waals surface area contributed by atoms with Crippen LogP contribution in [0.1, 0.15) is 0 Å². The number of nitrogens with two attached hydrogens (primary N) is 1. The average Bonchev–Trinajstić information content (AvgIpc) is 2.29. The molecule has 0 heterocycles. The lowest BCUT2D eigenvalue weighted by Crippen LogP contribution is -1.97. The van der Waals surface area contributed by atoms with Gasteiger partial charge in [0.2, 0.25) is 0 Å². The lowest BCUT2D eigenvalue weighted by Gasteiger charge is -2.08. The highest BCUT2D eigenvalue weighted by molar-refractivity contribution is 6.01. The Bertz CT molecular complexity index is 566.